The molecule has 2 heterocycles. The molecule has 2 aliphatic heterocycles. The van der Waals surface area contributed by atoms with Crippen molar-refractivity contribution in [2.75, 3.05) is 19.6 Å². The van der Waals surface area contributed by atoms with Gasteiger partial charge in [-0.3, -0.25) is 0 Å². The first-order chi connectivity index (χ1) is 8.01. The van der Waals surface area contributed by atoms with Crippen LogP contribution in [0, 0.1) is 0 Å². The lowest BCUT2D eigenvalue weighted by atomic mass is 10.0. The van der Waals surface area contributed by atoms with Crippen molar-refractivity contribution < 1.29 is 8.42 Å². The Bertz CT molecular complexity index is 352. The Balaban J connectivity index is 2.08. The molecule has 100 valence electrons. The van der Waals surface area contributed by atoms with Crippen LogP contribution in [-0.2, 0) is 10.2 Å². The molecule has 0 spiro atoms. The molecule has 2 atom stereocenters. The van der Waals surface area contributed by atoms with Crippen LogP contribution in [0.5, 0.6) is 0 Å². The average molecular weight is 261 g/mol. The summed E-state index contributed by atoms with van der Waals surface area (Å²) in [6.45, 7) is 3.89. The number of hydrogen-bond donors (Lipinski definition) is 1. The lowest BCUT2D eigenvalue weighted by Gasteiger charge is -2.39. The van der Waals surface area contributed by atoms with E-state index < -0.39 is 10.2 Å². The van der Waals surface area contributed by atoms with Gasteiger partial charge < -0.3 is 5.73 Å². The van der Waals surface area contributed by atoms with Gasteiger partial charge in [0.25, 0.3) is 10.2 Å². The third-order valence-electron chi connectivity index (χ3n) is 3.79. The third-order valence-corrected chi connectivity index (χ3v) is 5.95. The summed E-state index contributed by atoms with van der Waals surface area (Å²) >= 11 is 0. The molecule has 0 aromatic carbocycles. The average Bonchev–Trinajstić information content (AvgIpc) is 2.29. The highest BCUT2D eigenvalue weighted by atomic mass is 32.2. The summed E-state index contributed by atoms with van der Waals surface area (Å²) in [7, 11) is -3.25. The van der Waals surface area contributed by atoms with Crippen LogP contribution < -0.4 is 5.73 Å². The first-order valence-electron chi connectivity index (χ1n) is 6.54. The van der Waals surface area contributed by atoms with Crippen molar-refractivity contribution in [3.05, 3.63) is 0 Å². The second-order valence-electron chi connectivity index (χ2n) is 5.21. The maximum atomic E-state index is 12.5. The lowest BCUT2D eigenvalue weighted by molar-refractivity contribution is 0.221. The molecule has 17 heavy (non-hydrogen) atoms. The number of nitrogens with zero attached hydrogens (tertiary/aromatic N) is 2. The normalized spacial score (nSPS) is 33.8. The van der Waals surface area contributed by atoms with Gasteiger partial charge >= 0.3 is 0 Å². The van der Waals surface area contributed by atoms with Crippen LogP contribution in [0.1, 0.15) is 39.0 Å². The Labute approximate surface area is 104 Å². The topological polar surface area (TPSA) is 66.6 Å². The van der Waals surface area contributed by atoms with Crippen molar-refractivity contribution >= 4 is 10.2 Å². The van der Waals surface area contributed by atoms with Gasteiger partial charge in [0, 0.05) is 31.7 Å². The van der Waals surface area contributed by atoms with Gasteiger partial charge in [0.1, 0.15) is 0 Å². The molecule has 0 aliphatic carbocycles. The van der Waals surface area contributed by atoms with Gasteiger partial charge in [0.15, 0.2) is 0 Å². The fourth-order valence-corrected chi connectivity index (χ4v) is 4.67. The zero-order chi connectivity index (χ0) is 12.5. The number of rotatable bonds is 2. The van der Waals surface area contributed by atoms with Gasteiger partial charge in [-0.1, -0.05) is 6.42 Å². The van der Waals surface area contributed by atoms with Crippen LogP contribution in [0.2, 0.25) is 0 Å². The standard InChI is InChI=1S/C11H23N3O2S/c1-10-9-11(12)5-8-14(10)17(15,16)13-6-3-2-4-7-13/h10-11H,2-9,12H2,1H3/t10-,11-/m1/s1. The van der Waals surface area contributed by atoms with Gasteiger partial charge in [-0.2, -0.15) is 17.0 Å². The number of nitrogens with two attached hydrogens (primary N) is 1. The monoisotopic (exact) mass is 261 g/mol. The van der Waals surface area contributed by atoms with Crippen molar-refractivity contribution in [1.29, 1.82) is 0 Å². The van der Waals surface area contributed by atoms with E-state index in [0.717, 1.165) is 32.1 Å². The van der Waals surface area contributed by atoms with Gasteiger partial charge in [-0.25, -0.2) is 0 Å². The van der Waals surface area contributed by atoms with Crippen molar-refractivity contribution in [2.24, 2.45) is 5.73 Å². The van der Waals surface area contributed by atoms with E-state index in [4.69, 9.17) is 5.73 Å². The van der Waals surface area contributed by atoms with Gasteiger partial charge in [-0.05, 0) is 32.6 Å². The molecule has 2 saturated heterocycles. The van der Waals surface area contributed by atoms with Gasteiger partial charge in [0.2, 0.25) is 0 Å². The molecule has 0 bridgehead atoms. The van der Waals surface area contributed by atoms with Gasteiger partial charge in [-0.15, -0.1) is 0 Å². The molecule has 2 rings (SSSR count). The summed E-state index contributed by atoms with van der Waals surface area (Å²) in [4.78, 5) is 0. The van der Waals surface area contributed by atoms with E-state index in [9.17, 15) is 8.42 Å². The van der Waals surface area contributed by atoms with Crippen LogP contribution >= 0.6 is 0 Å². The SMILES string of the molecule is C[C@@H]1C[C@H](N)CCN1S(=O)(=O)N1CCCCC1. The molecule has 0 amide bonds. The molecule has 0 radical (unpaired) electrons. The molecule has 2 N–H and O–H groups in total. The first-order valence-corrected chi connectivity index (χ1v) is 7.94. The van der Waals surface area contributed by atoms with Crippen LogP contribution in [0.4, 0.5) is 0 Å². The summed E-state index contributed by atoms with van der Waals surface area (Å²) < 4.78 is 28.2. The Morgan fingerprint density at radius 2 is 1.76 bits per heavy atom. The summed E-state index contributed by atoms with van der Waals surface area (Å²) in [5.74, 6) is 0. The number of hydrogen-bond acceptors (Lipinski definition) is 3. The summed E-state index contributed by atoms with van der Waals surface area (Å²) in [5.41, 5.74) is 5.87. The zero-order valence-electron chi connectivity index (χ0n) is 10.5. The lowest BCUT2D eigenvalue weighted by Crippen LogP contribution is -2.54. The minimum atomic E-state index is -3.25. The molecule has 0 unspecified atom stereocenters. The van der Waals surface area contributed by atoms with E-state index in [1.807, 2.05) is 6.92 Å². The zero-order valence-corrected chi connectivity index (χ0v) is 11.3. The highest BCUT2D eigenvalue weighted by molar-refractivity contribution is 7.86. The van der Waals surface area contributed by atoms with E-state index in [-0.39, 0.29) is 12.1 Å². The van der Waals surface area contributed by atoms with E-state index in [2.05, 4.69) is 0 Å². The van der Waals surface area contributed by atoms with Crippen molar-refractivity contribution in [3.63, 3.8) is 0 Å². The van der Waals surface area contributed by atoms with Crippen LogP contribution in [0.15, 0.2) is 0 Å². The predicted molar refractivity (Wildman–Crippen MR) is 67.7 cm³/mol. The summed E-state index contributed by atoms with van der Waals surface area (Å²) in [5, 5.41) is 0. The molecule has 2 fully saturated rings. The minimum Gasteiger partial charge on any atom is -0.328 e. The Morgan fingerprint density at radius 3 is 2.35 bits per heavy atom. The van der Waals surface area contributed by atoms with Crippen molar-refractivity contribution in [2.45, 2.75) is 51.1 Å². The molecule has 0 saturated carbocycles. The molecular formula is C11H23N3O2S. The predicted octanol–water partition coefficient (Wildman–Crippen LogP) is 0.529. The van der Waals surface area contributed by atoms with E-state index in [0.29, 0.717) is 19.6 Å². The maximum absolute atomic E-state index is 12.5. The molecule has 0 aromatic rings. The second kappa shape index (κ2) is 5.22. The molecule has 6 heteroatoms. The highest BCUT2D eigenvalue weighted by Crippen LogP contribution is 2.24. The van der Waals surface area contributed by atoms with Crippen molar-refractivity contribution in [1.82, 2.24) is 8.61 Å². The quantitative estimate of drug-likeness (QED) is 0.788. The summed E-state index contributed by atoms with van der Waals surface area (Å²) in [6, 6.07) is 0.184. The Morgan fingerprint density at radius 1 is 1.12 bits per heavy atom. The van der Waals surface area contributed by atoms with E-state index >= 15 is 0 Å². The third kappa shape index (κ3) is 2.81. The van der Waals surface area contributed by atoms with Crippen LogP contribution in [0.3, 0.4) is 0 Å². The molecule has 2 aliphatic rings. The molecule has 0 aromatic heterocycles. The van der Waals surface area contributed by atoms with E-state index in [1.54, 1.807) is 8.61 Å². The summed E-state index contributed by atoms with van der Waals surface area (Å²) in [6.07, 6.45) is 4.67. The van der Waals surface area contributed by atoms with Crippen molar-refractivity contribution in [3.8, 4) is 0 Å². The van der Waals surface area contributed by atoms with Crippen LogP contribution in [-0.4, -0.2) is 48.7 Å². The van der Waals surface area contributed by atoms with Crippen LogP contribution in [0.25, 0.3) is 0 Å². The molecule has 5 nitrogen and oxygen atoms in total. The minimum absolute atomic E-state index is 0.0330. The highest BCUT2D eigenvalue weighted by Gasteiger charge is 2.36. The van der Waals surface area contributed by atoms with Gasteiger partial charge in [0.05, 0.1) is 0 Å². The largest absolute Gasteiger partial charge is 0.328 e. The maximum Gasteiger partial charge on any atom is 0.282 e. The fourth-order valence-electron chi connectivity index (χ4n) is 2.77. The van der Waals surface area contributed by atoms with E-state index in [1.165, 1.54) is 0 Å². The fraction of sp³-hybridized carbons (Fsp3) is 1.00. The Kier molecular flexibility index (Phi) is 4.07. The smallest absolute Gasteiger partial charge is 0.282 e. The number of piperidine rings is 2. The first kappa shape index (κ1) is 13.3. The molecular weight excluding hydrogens is 238 g/mol. The Hall–Kier alpha value is -0.170. The second-order valence-corrected chi connectivity index (χ2v) is 7.09.